The van der Waals surface area contributed by atoms with Gasteiger partial charge in [0.1, 0.15) is 12.1 Å². The molecule has 0 atom stereocenters. The molecule has 0 fully saturated rings. The SMILES string of the molecule is CCOCc1ccccc1.Cc1cc(NC(=O)CNC(=O)OC(C)(C)C)ccc1Cl. The highest BCUT2D eigenvalue weighted by Crippen LogP contribution is 2.19. The third-order valence-electron chi connectivity index (χ3n) is 3.55. The Balaban J connectivity index is 0.000000375. The topological polar surface area (TPSA) is 76.7 Å². The van der Waals surface area contributed by atoms with Gasteiger partial charge in [-0.1, -0.05) is 41.9 Å². The van der Waals surface area contributed by atoms with Crippen molar-refractivity contribution in [3.8, 4) is 0 Å². The van der Waals surface area contributed by atoms with E-state index in [1.807, 2.05) is 32.0 Å². The standard InChI is InChI=1S/C14H19ClN2O3.C9H12O/c1-9-7-10(5-6-11(9)15)17-12(18)8-16-13(19)20-14(2,3)4;1-2-10-8-9-6-4-3-5-7-9/h5-7H,8H2,1-4H3,(H,16,19)(H,17,18);3-7H,2,8H2,1H3. The van der Waals surface area contributed by atoms with Gasteiger partial charge in [-0.25, -0.2) is 4.79 Å². The number of halogens is 1. The van der Waals surface area contributed by atoms with Gasteiger partial charge in [0.15, 0.2) is 0 Å². The molecule has 2 aromatic carbocycles. The average molecular weight is 435 g/mol. The number of nitrogens with one attached hydrogen (secondary N) is 2. The fourth-order valence-electron chi connectivity index (χ4n) is 2.19. The van der Waals surface area contributed by atoms with E-state index in [2.05, 4.69) is 22.8 Å². The van der Waals surface area contributed by atoms with E-state index in [4.69, 9.17) is 21.1 Å². The number of carbonyl (C=O) groups is 2. The van der Waals surface area contributed by atoms with Gasteiger partial charge in [0.2, 0.25) is 5.91 Å². The number of carbonyl (C=O) groups excluding carboxylic acids is 2. The Kier molecular flexibility index (Phi) is 10.9. The Hall–Kier alpha value is -2.57. The maximum atomic E-state index is 11.7. The van der Waals surface area contributed by atoms with Crippen molar-refractivity contribution in [2.24, 2.45) is 0 Å². The lowest BCUT2D eigenvalue weighted by atomic mass is 10.2. The number of benzene rings is 2. The maximum Gasteiger partial charge on any atom is 0.408 e. The van der Waals surface area contributed by atoms with Crippen LogP contribution in [0.25, 0.3) is 0 Å². The molecular weight excluding hydrogens is 404 g/mol. The first-order valence-corrected chi connectivity index (χ1v) is 10.1. The van der Waals surface area contributed by atoms with E-state index in [9.17, 15) is 9.59 Å². The van der Waals surface area contributed by atoms with Crippen molar-refractivity contribution in [1.82, 2.24) is 5.32 Å². The molecule has 0 saturated carbocycles. The Labute approximate surface area is 183 Å². The second kappa shape index (κ2) is 12.9. The Morgan fingerprint density at radius 2 is 1.73 bits per heavy atom. The van der Waals surface area contributed by atoms with E-state index < -0.39 is 11.7 Å². The fourth-order valence-corrected chi connectivity index (χ4v) is 2.31. The van der Waals surface area contributed by atoms with E-state index in [1.54, 1.807) is 39.0 Å². The van der Waals surface area contributed by atoms with Crippen LogP contribution in [0, 0.1) is 6.92 Å². The van der Waals surface area contributed by atoms with Crippen LogP contribution in [0.1, 0.15) is 38.8 Å². The van der Waals surface area contributed by atoms with Crippen LogP contribution < -0.4 is 10.6 Å². The molecule has 0 heterocycles. The molecule has 0 aromatic heterocycles. The summed E-state index contributed by atoms with van der Waals surface area (Å²) in [7, 11) is 0. The predicted molar refractivity (Wildman–Crippen MR) is 121 cm³/mol. The third-order valence-corrected chi connectivity index (χ3v) is 3.97. The van der Waals surface area contributed by atoms with Crippen LogP contribution in [-0.4, -0.2) is 30.8 Å². The number of hydrogen-bond acceptors (Lipinski definition) is 4. The van der Waals surface area contributed by atoms with Crippen LogP contribution >= 0.6 is 11.6 Å². The molecule has 164 valence electrons. The largest absolute Gasteiger partial charge is 0.444 e. The average Bonchev–Trinajstić information content (AvgIpc) is 2.68. The molecule has 0 radical (unpaired) electrons. The Bertz CT molecular complexity index is 805. The summed E-state index contributed by atoms with van der Waals surface area (Å²) in [4.78, 5) is 23.0. The monoisotopic (exact) mass is 434 g/mol. The van der Waals surface area contributed by atoms with Gasteiger partial charge in [-0.15, -0.1) is 0 Å². The van der Waals surface area contributed by atoms with Gasteiger partial charge in [-0.05, 0) is 63.9 Å². The molecule has 0 aliphatic heterocycles. The zero-order valence-corrected chi connectivity index (χ0v) is 19.0. The molecule has 2 aromatic rings. The van der Waals surface area contributed by atoms with Crippen LogP contribution in [0.2, 0.25) is 5.02 Å². The lowest BCUT2D eigenvalue weighted by Crippen LogP contribution is -2.37. The molecule has 0 bridgehead atoms. The summed E-state index contributed by atoms with van der Waals surface area (Å²) in [5.41, 5.74) is 2.14. The summed E-state index contributed by atoms with van der Waals surface area (Å²) in [6.45, 7) is 10.5. The van der Waals surface area contributed by atoms with E-state index >= 15 is 0 Å². The van der Waals surface area contributed by atoms with E-state index in [-0.39, 0.29) is 12.5 Å². The van der Waals surface area contributed by atoms with Crippen molar-refractivity contribution in [1.29, 1.82) is 0 Å². The van der Waals surface area contributed by atoms with Crippen LogP contribution in [0.15, 0.2) is 48.5 Å². The van der Waals surface area contributed by atoms with Crippen molar-refractivity contribution < 1.29 is 19.1 Å². The quantitative estimate of drug-likeness (QED) is 0.643. The summed E-state index contributed by atoms with van der Waals surface area (Å²) in [5, 5.41) is 5.68. The number of aryl methyl sites for hydroxylation is 1. The minimum absolute atomic E-state index is 0.156. The van der Waals surface area contributed by atoms with Gasteiger partial charge in [0.05, 0.1) is 6.61 Å². The first kappa shape index (κ1) is 25.5. The minimum Gasteiger partial charge on any atom is -0.444 e. The lowest BCUT2D eigenvalue weighted by Gasteiger charge is -2.19. The van der Waals surface area contributed by atoms with Crippen LogP contribution in [0.5, 0.6) is 0 Å². The van der Waals surface area contributed by atoms with Gasteiger partial charge >= 0.3 is 6.09 Å². The molecular formula is C23H31ClN2O4. The molecule has 0 aliphatic carbocycles. The van der Waals surface area contributed by atoms with Crippen molar-refractivity contribution in [3.05, 3.63) is 64.7 Å². The minimum atomic E-state index is -0.625. The molecule has 2 N–H and O–H groups in total. The molecule has 2 rings (SSSR count). The van der Waals surface area contributed by atoms with Gasteiger partial charge in [0.25, 0.3) is 0 Å². The third kappa shape index (κ3) is 11.4. The lowest BCUT2D eigenvalue weighted by molar-refractivity contribution is -0.115. The van der Waals surface area contributed by atoms with Crippen molar-refractivity contribution in [2.75, 3.05) is 18.5 Å². The summed E-state index contributed by atoms with van der Waals surface area (Å²) in [6.07, 6.45) is -0.625. The highest BCUT2D eigenvalue weighted by Gasteiger charge is 2.16. The molecule has 2 amide bonds. The number of ether oxygens (including phenoxy) is 2. The molecule has 30 heavy (non-hydrogen) atoms. The predicted octanol–water partition coefficient (Wildman–Crippen LogP) is 5.33. The second-order valence-corrected chi connectivity index (χ2v) is 7.90. The molecule has 6 nitrogen and oxygen atoms in total. The summed E-state index contributed by atoms with van der Waals surface area (Å²) in [5.74, 6) is -0.336. The smallest absolute Gasteiger partial charge is 0.408 e. The summed E-state index contributed by atoms with van der Waals surface area (Å²) in [6, 6.07) is 15.3. The molecule has 0 spiro atoms. The number of alkyl carbamates (subject to hydrolysis) is 1. The van der Waals surface area contributed by atoms with Crippen LogP contribution in [0.4, 0.5) is 10.5 Å². The Morgan fingerprint density at radius 1 is 1.07 bits per heavy atom. The maximum absolute atomic E-state index is 11.7. The van der Waals surface area contributed by atoms with Crippen LogP contribution in [-0.2, 0) is 20.9 Å². The zero-order chi connectivity index (χ0) is 22.6. The highest BCUT2D eigenvalue weighted by molar-refractivity contribution is 6.31. The van der Waals surface area contributed by atoms with Gasteiger partial charge in [-0.2, -0.15) is 0 Å². The summed E-state index contributed by atoms with van der Waals surface area (Å²) < 4.78 is 10.2. The van der Waals surface area contributed by atoms with Gasteiger partial charge in [-0.3, -0.25) is 4.79 Å². The van der Waals surface area contributed by atoms with Gasteiger partial charge in [0, 0.05) is 17.3 Å². The number of anilines is 1. The van der Waals surface area contributed by atoms with Crippen molar-refractivity contribution in [2.45, 2.75) is 46.8 Å². The number of hydrogen-bond donors (Lipinski definition) is 2. The highest BCUT2D eigenvalue weighted by atomic mass is 35.5. The van der Waals surface area contributed by atoms with Crippen molar-refractivity contribution >= 4 is 29.3 Å². The van der Waals surface area contributed by atoms with Gasteiger partial charge < -0.3 is 20.1 Å². The van der Waals surface area contributed by atoms with Crippen molar-refractivity contribution in [3.63, 3.8) is 0 Å². The Morgan fingerprint density at radius 3 is 2.30 bits per heavy atom. The van der Waals surface area contributed by atoms with Crippen LogP contribution in [0.3, 0.4) is 0 Å². The summed E-state index contributed by atoms with van der Waals surface area (Å²) >= 11 is 5.90. The fraction of sp³-hybridized carbons (Fsp3) is 0.391. The normalized spacial score (nSPS) is 10.5. The molecule has 7 heteroatoms. The van der Waals surface area contributed by atoms with E-state index in [0.29, 0.717) is 10.7 Å². The van der Waals surface area contributed by atoms with E-state index in [1.165, 1.54) is 5.56 Å². The number of amides is 2. The molecule has 0 aliphatic rings. The zero-order valence-electron chi connectivity index (χ0n) is 18.3. The first-order chi connectivity index (χ1) is 14.1. The van der Waals surface area contributed by atoms with E-state index in [0.717, 1.165) is 18.8 Å². The first-order valence-electron chi connectivity index (χ1n) is 9.75. The number of rotatable bonds is 6. The molecule has 0 saturated heterocycles. The second-order valence-electron chi connectivity index (χ2n) is 7.49. The molecule has 0 unspecified atom stereocenters.